The van der Waals surface area contributed by atoms with Crippen LogP contribution < -0.4 is 5.32 Å². The predicted molar refractivity (Wildman–Crippen MR) is 144 cm³/mol. The highest BCUT2D eigenvalue weighted by Crippen LogP contribution is 2.30. The van der Waals surface area contributed by atoms with Crippen LogP contribution in [0.15, 0.2) is 42.5 Å². The van der Waals surface area contributed by atoms with Crippen molar-refractivity contribution in [3.63, 3.8) is 0 Å². The Labute approximate surface area is 224 Å². The summed E-state index contributed by atoms with van der Waals surface area (Å²) in [5.41, 5.74) is 2.21. The Balaban J connectivity index is 1.85. The van der Waals surface area contributed by atoms with Crippen molar-refractivity contribution >= 4 is 35.1 Å². The number of rotatable bonds is 10. The highest BCUT2D eigenvalue weighted by Gasteiger charge is 2.43. The molecule has 0 aromatic heterocycles. The van der Waals surface area contributed by atoms with Crippen LogP contribution in [0, 0.1) is 6.92 Å². The van der Waals surface area contributed by atoms with Gasteiger partial charge in [-0.05, 0) is 62.8 Å². The minimum atomic E-state index is -0.542. The van der Waals surface area contributed by atoms with Crippen molar-refractivity contribution in [3.8, 4) is 0 Å². The van der Waals surface area contributed by atoms with Crippen molar-refractivity contribution < 1.29 is 28.3 Å². The molecule has 1 amide bonds. The summed E-state index contributed by atoms with van der Waals surface area (Å²) in [5.74, 6) is -1.08. The van der Waals surface area contributed by atoms with E-state index in [9.17, 15) is 14.4 Å². The fraction of sp³-hybridized carbons (Fsp3) is 0.483. The lowest BCUT2D eigenvalue weighted by molar-refractivity contribution is -0.935. The molecule has 2 aromatic carbocycles. The zero-order valence-corrected chi connectivity index (χ0v) is 22.8. The lowest BCUT2D eigenvalue weighted by Crippen LogP contribution is -2.62. The topological polar surface area (TPSA) is 81.7 Å². The van der Waals surface area contributed by atoms with Crippen LogP contribution in [0.25, 0.3) is 0 Å². The summed E-state index contributed by atoms with van der Waals surface area (Å²) in [6.07, 6.45) is 4.55. The summed E-state index contributed by atoms with van der Waals surface area (Å²) in [6, 6.07) is 12.3. The Kier molecular flexibility index (Phi) is 10.5. The van der Waals surface area contributed by atoms with E-state index >= 15 is 0 Å². The van der Waals surface area contributed by atoms with E-state index in [1.807, 2.05) is 37.3 Å². The van der Waals surface area contributed by atoms with Gasteiger partial charge in [0.2, 0.25) is 0 Å². The maximum atomic E-state index is 13.8. The van der Waals surface area contributed by atoms with Crippen LogP contribution in [-0.2, 0) is 25.7 Å². The smallest absolute Gasteiger partial charge is 0.362 e. The molecule has 1 N–H and O–H groups in total. The molecule has 1 saturated heterocycles. The second-order valence-electron chi connectivity index (χ2n) is 9.66. The van der Waals surface area contributed by atoms with Gasteiger partial charge in [0, 0.05) is 11.4 Å². The van der Waals surface area contributed by atoms with Gasteiger partial charge in [-0.15, -0.1) is 0 Å². The number of aryl methyl sites for hydroxylation is 1. The quantitative estimate of drug-likeness (QED) is 0.316. The number of hydrogen-bond acceptors (Lipinski definition) is 5. The number of anilines is 1. The van der Waals surface area contributed by atoms with Crippen LogP contribution in [0.3, 0.4) is 0 Å². The molecular formula is C29H38ClN2O5+. The number of ether oxygens (including phenoxy) is 2. The number of carbonyl (C=O) groups excluding carboxylic acids is 3. The molecule has 1 unspecified atom stereocenters. The van der Waals surface area contributed by atoms with E-state index in [0.29, 0.717) is 27.2 Å². The van der Waals surface area contributed by atoms with Crippen molar-refractivity contribution in [3.05, 3.63) is 64.2 Å². The number of carbonyl (C=O) groups is 3. The molecule has 1 aliphatic heterocycles. The number of hydrogen-bond donors (Lipinski definition) is 1. The monoisotopic (exact) mass is 529 g/mol. The maximum Gasteiger partial charge on any atom is 0.362 e. The summed E-state index contributed by atoms with van der Waals surface area (Å²) < 4.78 is 11.2. The second kappa shape index (κ2) is 13.6. The van der Waals surface area contributed by atoms with E-state index in [4.69, 9.17) is 21.1 Å². The van der Waals surface area contributed by atoms with Gasteiger partial charge in [0.1, 0.15) is 6.61 Å². The maximum absolute atomic E-state index is 13.8. The third-order valence-corrected chi connectivity index (χ3v) is 7.26. The number of benzene rings is 2. The fourth-order valence-corrected chi connectivity index (χ4v) is 5.52. The van der Waals surface area contributed by atoms with E-state index in [1.54, 1.807) is 19.9 Å². The molecule has 1 aliphatic rings. The number of halogens is 1. The van der Waals surface area contributed by atoms with Gasteiger partial charge < -0.3 is 19.3 Å². The van der Waals surface area contributed by atoms with E-state index in [1.165, 1.54) is 6.07 Å². The first-order valence-corrected chi connectivity index (χ1v) is 13.5. The number of amides is 1. The largest absolute Gasteiger partial charge is 0.462 e. The van der Waals surface area contributed by atoms with Crippen molar-refractivity contribution in [2.24, 2.45) is 0 Å². The number of nitrogens with one attached hydrogen (secondary N) is 1. The third kappa shape index (κ3) is 7.55. The minimum Gasteiger partial charge on any atom is -0.462 e. The zero-order valence-electron chi connectivity index (χ0n) is 22.1. The van der Waals surface area contributed by atoms with Crippen molar-refractivity contribution in [2.45, 2.75) is 65.5 Å². The Morgan fingerprint density at radius 1 is 1.00 bits per heavy atom. The van der Waals surface area contributed by atoms with Gasteiger partial charge in [0.15, 0.2) is 12.6 Å². The molecule has 1 fully saturated rings. The van der Waals surface area contributed by atoms with E-state index in [-0.39, 0.29) is 37.2 Å². The highest BCUT2D eigenvalue weighted by atomic mass is 35.5. The zero-order chi connectivity index (χ0) is 26.8. The van der Waals surface area contributed by atoms with Gasteiger partial charge in [0.05, 0.1) is 30.9 Å². The molecule has 0 spiro atoms. The Hall–Kier alpha value is -2.90. The number of nitrogens with zero attached hydrogens (tertiary/aromatic N) is 1. The number of likely N-dealkylation sites (tertiary alicyclic amines) is 1. The standard InChI is InChI=1S/C29H37ClN2O5/c1-4-25(28(34)31-27-21(3)17-23(30)18-24(27)29(35)36-5-2)32(15-11-6-7-12-16-32)19-26(33)37-20-22-13-9-8-10-14-22/h8-10,13-14,17-18,25H,4-7,11-12,15-16,19-20H2,1-3H3/p+1. The van der Waals surface area contributed by atoms with Crippen LogP contribution in [0.4, 0.5) is 5.69 Å². The average molecular weight is 530 g/mol. The molecule has 0 bridgehead atoms. The molecule has 1 heterocycles. The molecule has 2 aromatic rings. The molecule has 0 aliphatic carbocycles. The van der Waals surface area contributed by atoms with Crippen molar-refractivity contribution in [1.82, 2.24) is 0 Å². The SMILES string of the molecule is CCOC(=O)c1cc(Cl)cc(C)c1NC(=O)C(CC)[N+]1(CC(=O)OCc2ccccc2)CCCCCC1. The Morgan fingerprint density at radius 3 is 2.30 bits per heavy atom. The first kappa shape index (κ1) is 28.7. The van der Waals surface area contributed by atoms with Crippen LogP contribution in [-0.4, -0.2) is 54.6 Å². The number of quaternary nitrogens is 1. The van der Waals surface area contributed by atoms with Gasteiger partial charge in [0.25, 0.3) is 5.91 Å². The minimum absolute atomic E-state index is 0.128. The van der Waals surface area contributed by atoms with E-state index in [0.717, 1.165) is 44.3 Å². The summed E-state index contributed by atoms with van der Waals surface area (Å²) in [4.78, 5) is 39.5. The van der Waals surface area contributed by atoms with Gasteiger partial charge >= 0.3 is 11.9 Å². The fourth-order valence-electron chi connectivity index (χ4n) is 5.25. The van der Waals surface area contributed by atoms with Gasteiger partial charge in [-0.2, -0.15) is 0 Å². The number of esters is 2. The summed E-state index contributed by atoms with van der Waals surface area (Å²) in [7, 11) is 0. The molecule has 0 radical (unpaired) electrons. The summed E-state index contributed by atoms with van der Waals surface area (Å²) in [6.45, 7) is 7.46. The first-order valence-electron chi connectivity index (χ1n) is 13.1. The molecule has 7 nitrogen and oxygen atoms in total. The predicted octanol–water partition coefficient (Wildman–Crippen LogP) is 5.68. The lowest BCUT2D eigenvalue weighted by Gasteiger charge is -2.42. The van der Waals surface area contributed by atoms with Crippen LogP contribution in [0.2, 0.25) is 5.02 Å². The highest BCUT2D eigenvalue weighted by molar-refractivity contribution is 6.31. The molecule has 200 valence electrons. The van der Waals surface area contributed by atoms with Gasteiger partial charge in [-0.1, -0.05) is 48.9 Å². The van der Waals surface area contributed by atoms with Gasteiger partial charge in [-0.3, -0.25) is 4.79 Å². The lowest BCUT2D eigenvalue weighted by atomic mass is 10.0. The van der Waals surface area contributed by atoms with Crippen LogP contribution in [0.5, 0.6) is 0 Å². The molecular weight excluding hydrogens is 492 g/mol. The van der Waals surface area contributed by atoms with E-state index in [2.05, 4.69) is 5.32 Å². The first-order chi connectivity index (χ1) is 17.8. The van der Waals surface area contributed by atoms with Crippen molar-refractivity contribution in [2.75, 3.05) is 31.6 Å². The Morgan fingerprint density at radius 2 is 1.68 bits per heavy atom. The van der Waals surface area contributed by atoms with Crippen LogP contribution in [0.1, 0.15) is 67.4 Å². The van der Waals surface area contributed by atoms with Crippen molar-refractivity contribution in [1.29, 1.82) is 0 Å². The summed E-state index contributed by atoms with van der Waals surface area (Å²) >= 11 is 6.21. The average Bonchev–Trinajstić information content (AvgIpc) is 3.11. The van der Waals surface area contributed by atoms with Gasteiger partial charge in [-0.25, -0.2) is 9.59 Å². The normalized spacial score (nSPS) is 15.8. The third-order valence-electron chi connectivity index (χ3n) is 7.04. The molecule has 3 rings (SSSR count). The molecule has 1 atom stereocenters. The van der Waals surface area contributed by atoms with Crippen LogP contribution >= 0.6 is 11.6 Å². The molecule has 0 saturated carbocycles. The van der Waals surface area contributed by atoms with E-state index < -0.39 is 12.0 Å². The molecule has 37 heavy (non-hydrogen) atoms. The second-order valence-corrected chi connectivity index (χ2v) is 10.1. The summed E-state index contributed by atoms with van der Waals surface area (Å²) in [5, 5.41) is 3.40. The Bertz CT molecular complexity index is 1080. The molecule has 8 heteroatoms.